The Morgan fingerprint density at radius 3 is 2.68 bits per heavy atom. The zero-order valence-corrected chi connectivity index (χ0v) is 11.4. The van der Waals surface area contributed by atoms with Crippen LogP contribution < -0.4 is 0 Å². The van der Waals surface area contributed by atoms with Gasteiger partial charge in [-0.15, -0.1) is 0 Å². The van der Waals surface area contributed by atoms with Crippen molar-refractivity contribution in [2.75, 3.05) is 32.8 Å². The maximum atomic E-state index is 12.0. The molecule has 1 saturated heterocycles. The van der Waals surface area contributed by atoms with Crippen molar-refractivity contribution < 1.29 is 9.53 Å². The summed E-state index contributed by atoms with van der Waals surface area (Å²) in [5, 5.41) is 0. The van der Waals surface area contributed by atoms with Gasteiger partial charge < -0.3 is 9.30 Å². The molecule has 1 aliphatic carbocycles. The average molecular weight is 262 g/mol. The second-order valence-electron chi connectivity index (χ2n) is 5.52. The third kappa shape index (κ3) is 3.07. The minimum absolute atomic E-state index is 0.331. The molecule has 2 heterocycles. The highest BCUT2D eigenvalue weighted by atomic mass is 16.5. The molecule has 1 fully saturated rings. The second-order valence-corrected chi connectivity index (χ2v) is 5.52. The number of fused-ring (bicyclic) bond motifs is 1. The van der Waals surface area contributed by atoms with Gasteiger partial charge in [0.25, 0.3) is 0 Å². The molecule has 0 N–H and O–H groups in total. The predicted octanol–water partition coefficient (Wildman–Crippen LogP) is 1.73. The lowest BCUT2D eigenvalue weighted by Gasteiger charge is -2.26. The second kappa shape index (κ2) is 5.88. The van der Waals surface area contributed by atoms with Crippen molar-refractivity contribution in [3.63, 3.8) is 0 Å². The van der Waals surface area contributed by atoms with Crippen molar-refractivity contribution in [2.45, 2.75) is 32.2 Å². The van der Waals surface area contributed by atoms with E-state index in [9.17, 15) is 4.79 Å². The Hall–Kier alpha value is -1.13. The number of aryl methyl sites for hydroxylation is 1. The number of hydrogen-bond acceptors (Lipinski definition) is 3. The highest BCUT2D eigenvalue weighted by molar-refractivity contribution is 5.97. The molecule has 1 aromatic heterocycles. The molecule has 0 amide bonds. The molecule has 0 bridgehead atoms. The first kappa shape index (κ1) is 12.9. The quantitative estimate of drug-likeness (QED) is 0.778. The third-order valence-corrected chi connectivity index (χ3v) is 4.14. The summed E-state index contributed by atoms with van der Waals surface area (Å²) in [6.45, 7) is 5.77. The lowest BCUT2D eigenvalue weighted by molar-refractivity contribution is 0.0364. The van der Waals surface area contributed by atoms with E-state index in [4.69, 9.17) is 4.74 Å². The van der Waals surface area contributed by atoms with Crippen molar-refractivity contribution in [1.82, 2.24) is 9.47 Å². The average Bonchev–Trinajstić information content (AvgIpc) is 2.78. The van der Waals surface area contributed by atoms with E-state index in [0.29, 0.717) is 5.78 Å². The van der Waals surface area contributed by atoms with E-state index in [1.807, 2.05) is 0 Å². The number of aromatic nitrogens is 1. The number of ether oxygens (including phenoxy) is 1. The summed E-state index contributed by atoms with van der Waals surface area (Å²) >= 11 is 0. The number of ketones is 1. The lowest BCUT2D eigenvalue weighted by Crippen LogP contribution is -2.38. The van der Waals surface area contributed by atoms with E-state index in [0.717, 1.165) is 70.6 Å². The third-order valence-electron chi connectivity index (χ3n) is 4.14. The van der Waals surface area contributed by atoms with Crippen LogP contribution in [0.15, 0.2) is 12.4 Å². The van der Waals surface area contributed by atoms with Crippen LogP contribution in [0.2, 0.25) is 0 Å². The zero-order chi connectivity index (χ0) is 13.1. The van der Waals surface area contributed by atoms with Gasteiger partial charge in [-0.2, -0.15) is 0 Å². The number of carbonyl (C=O) groups excluding carboxylic acids is 1. The van der Waals surface area contributed by atoms with Gasteiger partial charge >= 0.3 is 0 Å². The minimum Gasteiger partial charge on any atom is -0.379 e. The van der Waals surface area contributed by atoms with Crippen LogP contribution in [0.25, 0.3) is 0 Å². The molecule has 0 saturated carbocycles. The van der Waals surface area contributed by atoms with Gasteiger partial charge in [-0.25, -0.2) is 0 Å². The van der Waals surface area contributed by atoms with Gasteiger partial charge in [0.15, 0.2) is 5.78 Å². The molecule has 1 aliphatic heterocycles. The highest BCUT2D eigenvalue weighted by Gasteiger charge is 2.18. The molecule has 0 atom stereocenters. The van der Waals surface area contributed by atoms with Crippen LogP contribution in [-0.2, 0) is 17.7 Å². The summed E-state index contributed by atoms with van der Waals surface area (Å²) < 4.78 is 7.55. The zero-order valence-electron chi connectivity index (χ0n) is 11.4. The Morgan fingerprint density at radius 1 is 1.05 bits per heavy atom. The summed E-state index contributed by atoms with van der Waals surface area (Å²) in [6.07, 6.45) is 8.21. The van der Waals surface area contributed by atoms with Crippen LogP contribution in [-0.4, -0.2) is 48.1 Å². The molecule has 0 radical (unpaired) electrons. The van der Waals surface area contributed by atoms with Crippen LogP contribution in [0.1, 0.15) is 35.2 Å². The van der Waals surface area contributed by atoms with E-state index in [1.54, 1.807) is 0 Å². The SMILES string of the molecule is O=C1CCCCc2cn(CCN3CCOCC3)cc21. The maximum absolute atomic E-state index is 12.0. The van der Waals surface area contributed by atoms with Crippen molar-refractivity contribution in [3.05, 3.63) is 23.5 Å². The molecule has 19 heavy (non-hydrogen) atoms. The van der Waals surface area contributed by atoms with E-state index in [2.05, 4.69) is 21.9 Å². The number of morpholine rings is 1. The normalized spacial score (nSPS) is 21.2. The molecule has 3 rings (SSSR count). The molecular formula is C15H22N2O2. The Labute approximate surface area is 114 Å². The maximum Gasteiger partial charge on any atom is 0.164 e. The Bertz CT molecular complexity index is 447. The summed E-state index contributed by atoms with van der Waals surface area (Å²) in [6, 6.07) is 0. The van der Waals surface area contributed by atoms with E-state index in [1.165, 1.54) is 5.56 Å². The van der Waals surface area contributed by atoms with Gasteiger partial charge in [-0.3, -0.25) is 9.69 Å². The number of rotatable bonds is 3. The minimum atomic E-state index is 0.331. The first-order valence-corrected chi connectivity index (χ1v) is 7.35. The van der Waals surface area contributed by atoms with Crippen LogP contribution >= 0.6 is 0 Å². The fraction of sp³-hybridized carbons (Fsp3) is 0.667. The summed E-state index contributed by atoms with van der Waals surface area (Å²) in [4.78, 5) is 14.4. The molecule has 2 aliphatic rings. The van der Waals surface area contributed by atoms with Gasteiger partial charge in [0.05, 0.1) is 13.2 Å². The Kier molecular flexibility index (Phi) is 3.99. The fourth-order valence-corrected chi connectivity index (χ4v) is 2.95. The fourth-order valence-electron chi connectivity index (χ4n) is 2.95. The standard InChI is InChI=1S/C15H22N2O2/c18-15-4-2-1-3-13-11-17(12-14(13)15)6-5-16-7-9-19-10-8-16/h11-12H,1-10H2. The molecule has 1 aromatic rings. The molecule has 4 heteroatoms. The highest BCUT2D eigenvalue weighted by Crippen LogP contribution is 2.21. The van der Waals surface area contributed by atoms with E-state index >= 15 is 0 Å². The summed E-state index contributed by atoms with van der Waals surface area (Å²) in [7, 11) is 0. The van der Waals surface area contributed by atoms with E-state index in [-0.39, 0.29) is 0 Å². The van der Waals surface area contributed by atoms with E-state index < -0.39 is 0 Å². The monoisotopic (exact) mass is 262 g/mol. The number of hydrogen-bond donors (Lipinski definition) is 0. The van der Waals surface area contributed by atoms with Gasteiger partial charge in [-0.1, -0.05) is 0 Å². The van der Waals surface area contributed by atoms with Crippen LogP contribution in [0.4, 0.5) is 0 Å². The van der Waals surface area contributed by atoms with Crippen molar-refractivity contribution in [1.29, 1.82) is 0 Å². The predicted molar refractivity (Wildman–Crippen MR) is 73.6 cm³/mol. The van der Waals surface area contributed by atoms with Crippen LogP contribution in [0.3, 0.4) is 0 Å². The van der Waals surface area contributed by atoms with Crippen LogP contribution in [0.5, 0.6) is 0 Å². The largest absolute Gasteiger partial charge is 0.379 e. The van der Waals surface area contributed by atoms with Crippen molar-refractivity contribution in [3.8, 4) is 0 Å². The van der Waals surface area contributed by atoms with Gasteiger partial charge in [0.2, 0.25) is 0 Å². The Balaban J connectivity index is 1.62. The molecule has 0 unspecified atom stereocenters. The Morgan fingerprint density at radius 2 is 1.84 bits per heavy atom. The van der Waals surface area contributed by atoms with Crippen molar-refractivity contribution in [2.24, 2.45) is 0 Å². The first-order valence-electron chi connectivity index (χ1n) is 7.35. The number of carbonyl (C=O) groups is 1. The smallest absolute Gasteiger partial charge is 0.164 e. The molecular weight excluding hydrogens is 240 g/mol. The van der Waals surface area contributed by atoms with Gasteiger partial charge in [-0.05, 0) is 24.8 Å². The molecule has 104 valence electrons. The topological polar surface area (TPSA) is 34.5 Å². The molecule has 0 aromatic carbocycles. The van der Waals surface area contributed by atoms with Gasteiger partial charge in [0, 0.05) is 50.6 Å². The first-order chi connectivity index (χ1) is 9.33. The van der Waals surface area contributed by atoms with Gasteiger partial charge in [0.1, 0.15) is 0 Å². The number of nitrogens with zero attached hydrogens (tertiary/aromatic N) is 2. The number of Topliss-reactive ketones (excluding diaryl/α,β-unsaturated/α-hetero) is 1. The molecule has 4 nitrogen and oxygen atoms in total. The summed E-state index contributed by atoms with van der Waals surface area (Å²) in [5.74, 6) is 0.331. The van der Waals surface area contributed by atoms with Crippen molar-refractivity contribution >= 4 is 5.78 Å². The molecule has 0 spiro atoms. The van der Waals surface area contributed by atoms with Crippen LogP contribution in [0, 0.1) is 0 Å². The summed E-state index contributed by atoms with van der Waals surface area (Å²) in [5.41, 5.74) is 2.23. The lowest BCUT2D eigenvalue weighted by atomic mass is 10.1.